The molecule has 0 unspecified atom stereocenters. The van der Waals surface area contributed by atoms with Crippen molar-refractivity contribution in [1.29, 1.82) is 0 Å². The molecule has 0 amide bonds. The third kappa shape index (κ3) is 1.99. The Morgan fingerprint density at radius 1 is 1.33 bits per heavy atom. The molecule has 0 saturated carbocycles. The average molecular weight is 209 g/mol. The molecule has 4 heteroatoms. The Kier molecular flexibility index (Phi) is 2.97. The predicted octanol–water partition coefficient (Wildman–Crippen LogP) is 1.66. The number of ether oxygens (including phenoxy) is 3. The van der Waals surface area contributed by atoms with Gasteiger partial charge in [-0.3, -0.25) is 0 Å². The van der Waals surface area contributed by atoms with Crippen molar-refractivity contribution in [3.63, 3.8) is 0 Å². The van der Waals surface area contributed by atoms with Crippen LogP contribution in [0.15, 0.2) is 12.1 Å². The summed E-state index contributed by atoms with van der Waals surface area (Å²) in [6, 6.07) is 3.73. The summed E-state index contributed by atoms with van der Waals surface area (Å²) in [4.78, 5) is 0. The molecule has 0 saturated heterocycles. The van der Waals surface area contributed by atoms with E-state index in [9.17, 15) is 0 Å². The van der Waals surface area contributed by atoms with Gasteiger partial charge in [-0.25, -0.2) is 0 Å². The van der Waals surface area contributed by atoms with Crippen molar-refractivity contribution in [2.24, 2.45) is 5.73 Å². The number of hydrogen-bond acceptors (Lipinski definition) is 4. The molecule has 0 fully saturated rings. The van der Waals surface area contributed by atoms with Gasteiger partial charge in [0, 0.05) is 18.2 Å². The van der Waals surface area contributed by atoms with Gasteiger partial charge in [-0.05, 0) is 12.5 Å². The molecule has 2 rings (SSSR count). The fraction of sp³-hybridized carbons (Fsp3) is 0.455. The zero-order valence-corrected chi connectivity index (χ0v) is 8.79. The molecule has 0 bridgehead atoms. The molecule has 0 radical (unpaired) electrons. The topological polar surface area (TPSA) is 53.7 Å². The largest absolute Gasteiger partial charge is 0.493 e. The van der Waals surface area contributed by atoms with E-state index in [0.29, 0.717) is 13.2 Å². The van der Waals surface area contributed by atoms with Crippen LogP contribution in [0.3, 0.4) is 0 Å². The molecule has 82 valence electrons. The molecule has 0 atom stereocenters. The lowest BCUT2D eigenvalue weighted by atomic mass is 10.2. The van der Waals surface area contributed by atoms with E-state index < -0.39 is 0 Å². The Morgan fingerprint density at radius 2 is 2.07 bits per heavy atom. The van der Waals surface area contributed by atoms with E-state index in [-0.39, 0.29) is 6.79 Å². The number of fused-ring (bicyclic) bond motifs is 1. The van der Waals surface area contributed by atoms with Gasteiger partial charge >= 0.3 is 0 Å². The van der Waals surface area contributed by atoms with Crippen molar-refractivity contribution < 1.29 is 14.2 Å². The first-order valence-electron chi connectivity index (χ1n) is 5.10. The summed E-state index contributed by atoms with van der Waals surface area (Å²) in [5, 5.41) is 0. The summed E-state index contributed by atoms with van der Waals surface area (Å²) in [6.07, 6.45) is 0.971. The van der Waals surface area contributed by atoms with Crippen LogP contribution in [0.2, 0.25) is 0 Å². The van der Waals surface area contributed by atoms with E-state index in [0.717, 1.165) is 29.2 Å². The predicted molar refractivity (Wildman–Crippen MR) is 56.2 cm³/mol. The Bertz CT molecular complexity index is 352. The number of rotatable bonds is 4. The summed E-state index contributed by atoms with van der Waals surface area (Å²) in [7, 11) is 0. The molecule has 1 aromatic carbocycles. The molecule has 15 heavy (non-hydrogen) atoms. The standard InChI is InChI=1S/C11H15NO3/c1-2-3-13-9-5-11-10(14-7-15-11)4-8(9)6-12/h4-5H,2-3,6-7,12H2,1H3. The van der Waals surface area contributed by atoms with Crippen LogP contribution in [0, 0.1) is 0 Å². The van der Waals surface area contributed by atoms with Gasteiger partial charge in [0.2, 0.25) is 6.79 Å². The number of benzene rings is 1. The molecule has 1 aliphatic heterocycles. The molecular weight excluding hydrogens is 194 g/mol. The van der Waals surface area contributed by atoms with Gasteiger partial charge in [-0.1, -0.05) is 6.92 Å². The zero-order valence-electron chi connectivity index (χ0n) is 8.79. The first kappa shape index (κ1) is 10.1. The lowest BCUT2D eigenvalue weighted by Crippen LogP contribution is -2.03. The van der Waals surface area contributed by atoms with Gasteiger partial charge in [0.05, 0.1) is 6.61 Å². The van der Waals surface area contributed by atoms with E-state index in [2.05, 4.69) is 6.92 Å². The second-order valence-electron chi connectivity index (χ2n) is 3.37. The summed E-state index contributed by atoms with van der Waals surface area (Å²) in [5.41, 5.74) is 6.59. The van der Waals surface area contributed by atoms with Crippen LogP contribution in [-0.2, 0) is 6.54 Å². The van der Waals surface area contributed by atoms with Crippen LogP contribution in [-0.4, -0.2) is 13.4 Å². The van der Waals surface area contributed by atoms with E-state index in [1.807, 2.05) is 12.1 Å². The minimum absolute atomic E-state index is 0.274. The lowest BCUT2D eigenvalue weighted by molar-refractivity contribution is 0.173. The molecule has 1 heterocycles. The van der Waals surface area contributed by atoms with Crippen molar-refractivity contribution in [2.75, 3.05) is 13.4 Å². The summed E-state index contributed by atoms with van der Waals surface area (Å²) in [6.45, 7) is 3.47. The molecule has 1 aromatic rings. The quantitative estimate of drug-likeness (QED) is 0.819. The first-order valence-corrected chi connectivity index (χ1v) is 5.10. The van der Waals surface area contributed by atoms with E-state index in [1.54, 1.807) is 0 Å². The molecule has 2 N–H and O–H groups in total. The van der Waals surface area contributed by atoms with Gasteiger partial charge in [0.1, 0.15) is 5.75 Å². The SMILES string of the molecule is CCCOc1cc2c(cc1CN)OCO2. The normalized spacial score (nSPS) is 12.9. The van der Waals surface area contributed by atoms with Crippen molar-refractivity contribution in [1.82, 2.24) is 0 Å². The van der Waals surface area contributed by atoms with E-state index in [1.165, 1.54) is 0 Å². The Labute approximate surface area is 88.9 Å². The van der Waals surface area contributed by atoms with Crippen LogP contribution in [0.25, 0.3) is 0 Å². The van der Waals surface area contributed by atoms with Gasteiger partial charge in [-0.15, -0.1) is 0 Å². The second-order valence-corrected chi connectivity index (χ2v) is 3.37. The maximum Gasteiger partial charge on any atom is 0.231 e. The van der Waals surface area contributed by atoms with Crippen molar-refractivity contribution in [3.05, 3.63) is 17.7 Å². The number of nitrogens with two attached hydrogens (primary N) is 1. The van der Waals surface area contributed by atoms with E-state index in [4.69, 9.17) is 19.9 Å². The Morgan fingerprint density at radius 3 is 2.73 bits per heavy atom. The van der Waals surface area contributed by atoms with Crippen LogP contribution >= 0.6 is 0 Å². The second kappa shape index (κ2) is 4.40. The summed E-state index contributed by atoms with van der Waals surface area (Å²) >= 11 is 0. The summed E-state index contributed by atoms with van der Waals surface area (Å²) in [5.74, 6) is 2.28. The van der Waals surface area contributed by atoms with Gasteiger partial charge in [-0.2, -0.15) is 0 Å². The Balaban J connectivity index is 2.27. The fourth-order valence-electron chi connectivity index (χ4n) is 1.47. The monoisotopic (exact) mass is 209 g/mol. The molecule has 0 spiro atoms. The van der Waals surface area contributed by atoms with Crippen LogP contribution in [0.5, 0.6) is 17.2 Å². The van der Waals surface area contributed by atoms with Crippen LogP contribution in [0.1, 0.15) is 18.9 Å². The van der Waals surface area contributed by atoms with Crippen molar-refractivity contribution in [3.8, 4) is 17.2 Å². The minimum Gasteiger partial charge on any atom is -0.493 e. The van der Waals surface area contributed by atoms with Gasteiger partial charge in [0.15, 0.2) is 11.5 Å². The van der Waals surface area contributed by atoms with Crippen molar-refractivity contribution in [2.45, 2.75) is 19.9 Å². The maximum absolute atomic E-state index is 5.64. The fourth-order valence-corrected chi connectivity index (χ4v) is 1.47. The summed E-state index contributed by atoms with van der Waals surface area (Å²) < 4.78 is 16.1. The molecule has 0 aliphatic carbocycles. The molecular formula is C11H15NO3. The van der Waals surface area contributed by atoms with Crippen molar-refractivity contribution >= 4 is 0 Å². The van der Waals surface area contributed by atoms with Crippen LogP contribution in [0.4, 0.5) is 0 Å². The Hall–Kier alpha value is -1.42. The highest BCUT2D eigenvalue weighted by molar-refractivity contribution is 5.51. The maximum atomic E-state index is 5.64. The van der Waals surface area contributed by atoms with Crippen LogP contribution < -0.4 is 19.9 Å². The lowest BCUT2D eigenvalue weighted by Gasteiger charge is -2.10. The average Bonchev–Trinajstić information content (AvgIpc) is 2.71. The highest BCUT2D eigenvalue weighted by Gasteiger charge is 2.17. The van der Waals surface area contributed by atoms with Gasteiger partial charge < -0.3 is 19.9 Å². The zero-order chi connectivity index (χ0) is 10.7. The first-order chi connectivity index (χ1) is 7.35. The van der Waals surface area contributed by atoms with Gasteiger partial charge in [0.25, 0.3) is 0 Å². The molecule has 1 aliphatic rings. The minimum atomic E-state index is 0.274. The highest BCUT2D eigenvalue weighted by Crippen LogP contribution is 2.37. The molecule has 0 aromatic heterocycles. The third-order valence-electron chi connectivity index (χ3n) is 2.24. The third-order valence-corrected chi connectivity index (χ3v) is 2.24. The molecule has 4 nitrogen and oxygen atoms in total. The smallest absolute Gasteiger partial charge is 0.231 e. The highest BCUT2D eigenvalue weighted by atomic mass is 16.7. The number of hydrogen-bond donors (Lipinski definition) is 1. The van der Waals surface area contributed by atoms with E-state index >= 15 is 0 Å².